The molecule has 0 amide bonds. The van der Waals surface area contributed by atoms with Crippen molar-refractivity contribution < 1.29 is 13.3 Å². The molecule has 0 radical (unpaired) electrons. The summed E-state index contributed by atoms with van der Waals surface area (Å²) < 4.78 is 23.3. The van der Waals surface area contributed by atoms with Crippen molar-refractivity contribution in [3.63, 3.8) is 0 Å². The smallest absolute Gasteiger partial charge is 0.305 e. The molecule has 1 aromatic heterocycles. The molecule has 1 aliphatic rings. The van der Waals surface area contributed by atoms with Crippen LogP contribution in [0.25, 0.3) is 0 Å². The van der Waals surface area contributed by atoms with Crippen molar-refractivity contribution in [2.75, 3.05) is 43.9 Å². The number of terminal acetylenes is 1. The molecule has 0 unspecified atom stereocenters. The van der Waals surface area contributed by atoms with Crippen molar-refractivity contribution in [1.29, 1.82) is 0 Å². The molecule has 0 saturated carbocycles. The molecule has 1 aliphatic heterocycles. The molecule has 0 N–H and O–H groups in total. The van der Waals surface area contributed by atoms with Gasteiger partial charge in [0, 0.05) is 51.5 Å². The second-order valence-corrected chi connectivity index (χ2v) is 8.34. The van der Waals surface area contributed by atoms with Gasteiger partial charge < -0.3 is 4.90 Å². The molecular formula is C13H17N3O4S2. The van der Waals surface area contributed by atoms with E-state index in [-0.39, 0.29) is 9.90 Å². The summed E-state index contributed by atoms with van der Waals surface area (Å²) >= 11 is 0.966. The van der Waals surface area contributed by atoms with Crippen molar-refractivity contribution in [3.8, 4) is 12.3 Å². The highest BCUT2D eigenvalue weighted by Gasteiger charge is 2.29. The normalized spacial score (nSPS) is 16.5. The highest BCUT2D eigenvalue weighted by molar-refractivity contribution is 7.92. The molecule has 1 aromatic rings. The maximum atomic E-state index is 11.6. The van der Waals surface area contributed by atoms with Crippen LogP contribution >= 0.6 is 11.3 Å². The minimum atomic E-state index is -3.44. The van der Waals surface area contributed by atoms with E-state index in [2.05, 4.69) is 10.8 Å². The van der Waals surface area contributed by atoms with Gasteiger partial charge in [-0.15, -0.1) is 12.3 Å². The SMILES string of the molecule is C#CCCN1CCN(c2sc(S(C)(=O)=O)cc2[N+](=O)[O-])CC1. The predicted molar refractivity (Wildman–Crippen MR) is 86.2 cm³/mol. The van der Waals surface area contributed by atoms with Gasteiger partial charge in [-0.2, -0.15) is 0 Å². The quantitative estimate of drug-likeness (QED) is 0.454. The standard InChI is InChI=1S/C13H17N3O4S2/c1-3-4-5-14-6-8-15(9-7-14)13-11(16(17)18)10-12(21-13)22(2,19)20/h1,10H,4-9H2,2H3. The Kier molecular flexibility index (Phi) is 5.05. The minimum Gasteiger partial charge on any atom is -0.355 e. The van der Waals surface area contributed by atoms with Gasteiger partial charge in [0.1, 0.15) is 4.21 Å². The summed E-state index contributed by atoms with van der Waals surface area (Å²) in [6, 6.07) is 1.15. The van der Waals surface area contributed by atoms with E-state index in [9.17, 15) is 18.5 Å². The van der Waals surface area contributed by atoms with Crippen LogP contribution in [-0.4, -0.2) is 57.2 Å². The Morgan fingerprint density at radius 2 is 2.05 bits per heavy atom. The van der Waals surface area contributed by atoms with E-state index in [1.165, 1.54) is 0 Å². The van der Waals surface area contributed by atoms with Crippen LogP contribution in [0.15, 0.2) is 10.3 Å². The molecule has 7 nitrogen and oxygen atoms in total. The Morgan fingerprint density at radius 1 is 1.41 bits per heavy atom. The van der Waals surface area contributed by atoms with Gasteiger partial charge >= 0.3 is 5.69 Å². The Labute approximate surface area is 133 Å². The third-order valence-corrected chi connectivity index (χ3v) is 6.45. The lowest BCUT2D eigenvalue weighted by molar-refractivity contribution is -0.383. The molecule has 1 fully saturated rings. The lowest BCUT2D eigenvalue weighted by Crippen LogP contribution is -2.46. The first-order chi connectivity index (χ1) is 10.3. The monoisotopic (exact) mass is 343 g/mol. The van der Waals surface area contributed by atoms with E-state index < -0.39 is 14.8 Å². The van der Waals surface area contributed by atoms with Gasteiger partial charge in [-0.25, -0.2) is 8.42 Å². The summed E-state index contributed by atoms with van der Waals surface area (Å²) in [4.78, 5) is 14.7. The van der Waals surface area contributed by atoms with Gasteiger partial charge in [0.2, 0.25) is 0 Å². The van der Waals surface area contributed by atoms with Crippen LogP contribution in [0.4, 0.5) is 10.7 Å². The van der Waals surface area contributed by atoms with E-state index in [0.29, 0.717) is 24.5 Å². The number of nitro groups is 1. The Hall–Kier alpha value is -1.63. The third kappa shape index (κ3) is 3.76. The number of nitrogens with zero attached hydrogens (tertiary/aromatic N) is 3. The van der Waals surface area contributed by atoms with Crippen LogP contribution in [0, 0.1) is 22.5 Å². The highest BCUT2D eigenvalue weighted by Crippen LogP contribution is 2.40. The van der Waals surface area contributed by atoms with Gasteiger partial charge in [0.15, 0.2) is 14.8 Å². The summed E-state index contributed by atoms with van der Waals surface area (Å²) in [5.41, 5.74) is -0.137. The first kappa shape index (κ1) is 16.7. The fourth-order valence-corrected chi connectivity index (χ4v) is 4.37. The average Bonchev–Trinajstić information content (AvgIpc) is 2.91. The number of anilines is 1. The Balaban J connectivity index is 2.18. The number of piperazine rings is 1. The Morgan fingerprint density at radius 3 is 2.55 bits per heavy atom. The predicted octanol–water partition coefficient (Wildman–Crippen LogP) is 1.21. The van der Waals surface area contributed by atoms with Gasteiger partial charge in [-0.1, -0.05) is 11.3 Å². The van der Waals surface area contributed by atoms with E-state index >= 15 is 0 Å². The first-order valence-electron chi connectivity index (χ1n) is 6.72. The van der Waals surface area contributed by atoms with Gasteiger partial charge in [0.05, 0.1) is 4.92 Å². The van der Waals surface area contributed by atoms with Gasteiger partial charge in [-0.3, -0.25) is 15.0 Å². The van der Waals surface area contributed by atoms with Crippen LogP contribution in [0.2, 0.25) is 0 Å². The number of thiophene rings is 1. The molecule has 1 saturated heterocycles. The number of hydrogen-bond acceptors (Lipinski definition) is 7. The zero-order valence-corrected chi connectivity index (χ0v) is 13.8. The molecule has 22 heavy (non-hydrogen) atoms. The molecule has 0 atom stereocenters. The zero-order chi connectivity index (χ0) is 16.3. The fourth-order valence-electron chi connectivity index (χ4n) is 2.29. The summed E-state index contributed by atoms with van der Waals surface area (Å²) in [6.07, 6.45) is 6.98. The Bertz CT molecular complexity index is 697. The molecule has 2 heterocycles. The topological polar surface area (TPSA) is 83.8 Å². The van der Waals surface area contributed by atoms with Gasteiger partial charge in [-0.05, 0) is 0 Å². The molecule has 0 bridgehead atoms. The number of hydrogen-bond donors (Lipinski definition) is 0. The fraction of sp³-hybridized carbons (Fsp3) is 0.538. The average molecular weight is 343 g/mol. The van der Waals surface area contributed by atoms with Crippen molar-refractivity contribution in [2.45, 2.75) is 10.6 Å². The second kappa shape index (κ2) is 6.64. The third-order valence-electron chi connectivity index (χ3n) is 3.46. The van der Waals surface area contributed by atoms with Gasteiger partial charge in [0.25, 0.3) is 0 Å². The van der Waals surface area contributed by atoms with Crippen LogP contribution in [-0.2, 0) is 9.84 Å². The van der Waals surface area contributed by atoms with E-state index in [1.54, 1.807) is 0 Å². The number of rotatable bonds is 5. The van der Waals surface area contributed by atoms with E-state index in [0.717, 1.165) is 43.3 Å². The van der Waals surface area contributed by atoms with E-state index in [4.69, 9.17) is 6.42 Å². The maximum absolute atomic E-state index is 11.6. The van der Waals surface area contributed by atoms with Crippen LogP contribution < -0.4 is 4.90 Å². The van der Waals surface area contributed by atoms with Crippen LogP contribution in [0.1, 0.15) is 6.42 Å². The summed E-state index contributed by atoms with van der Waals surface area (Å²) in [5, 5.41) is 11.6. The second-order valence-electron chi connectivity index (χ2n) is 5.07. The molecular weight excluding hydrogens is 326 g/mol. The maximum Gasteiger partial charge on any atom is 0.305 e. The lowest BCUT2D eigenvalue weighted by Gasteiger charge is -2.34. The minimum absolute atomic E-state index is 0.0314. The number of sulfone groups is 1. The highest BCUT2D eigenvalue weighted by atomic mass is 32.2. The largest absolute Gasteiger partial charge is 0.355 e. The summed E-state index contributed by atoms with van der Waals surface area (Å²) in [5.74, 6) is 2.59. The first-order valence-corrected chi connectivity index (χ1v) is 9.42. The van der Waals surface area contributed by atoms with Crippen molar-refractivity contribution in [2.24, 2.45) is 0 Å². The molecule has 0 aliphatic carbocycles. The van der Waals surface area contributed by atoms with Crippen LogP contribution in [0.5, 0.6) is 0 Å². The molecule has 0 aromatic carbocycles. The summed E-state index contributed by atoms with van der Waals surface area (Å²) in [7, 11) is -3.44. The van der Waals surface area contributed by atoms with Crippen molar-refractivity contribution >= 4 is 31.9 Å². The van der Waals surface area contributed by atoms with Crippen molar-refractivity contribution in [3.05, 3.63) is 16.2 Å². The van der Waals surface area contributed by atoms with E-state index in [1.807, 2.05) is 4.90 Å². The zero-order valence-electron chi connectivity index (χ0n) is 12.2. The molecule has 120 valence electrons. The molecule has 9 heteroatoms. The summed E-state index contributed by atoms with van der Waals surface area (Å²) in [6.45, 7) is 3.56. The lowest BCUT2D eigenvalue weighted by atomic mass is 10.3. The van der Waals surface area contributed by atoms with Crippen LogP contribution in [0.3, 0.4) is 0 Å². The molecule has 0 spiro atoms. The molecule has 2 rings (SSSR count). The van der Waals surface area contributed by atoms with Crippen molar-refractivity contribution in [1.82, 2.24) is 4.90 Å².